The van der Waals surface area contributed by atoms with E-state index in [0.717, 1.165) is 24.1 Å². The van der Waals surface area contributed by atoms with E-state index in [4.69, 9.17) is 5.73 Å². The van der Waals surface area contributed by atoms with E-state index in [0.29, 0.717) is 36.0 Å². The second-order valence-electron chi connectivity index (χ2n) is 6.35. The van der Waals surface area contributed by atoms with Gasteiger partial charge in [0, 0.05) is 31.1 Å². The molecule has 1 aromatic heterocycles. The molecule has 1 amide bonds. The molecule has 0 aliphatic carbocycles. The zero-order valence-corrected chi connectivity index (χ0v) is 13.6. The molecule has 2 aromatic rings. The summed E-state index contributed by atoms with van der Waals surface area (Å²) in [5.74, 6) is -0.337. The largest absolute Gasteiger partial charge is 0.370 e. The van der Waals surface area contributed by atoms with E-state index >= 15 is 0 Å². The molecule has 6 heteroatoms. The molecule has 1 aliphatic heterocycles. The van der Waals surface area contributed by atoms with Crippen molar-refractivity contribution in [3.05, 3.63) is 35.3 Å². The molecular weight excluding hydrogens is 307 g/mol. The average Bonchev–Trinajstić information content (AvgIpc) is 2.54. The lowest BCUT2D eigenvalue weighted by molar-refractivity contribution is -0.119. The lowest BCUT2D eigenvalue weighted by atomic mass is 9.92. The minimum Gasteiger partial charge on any atom is -0.370 e. The van der Waals surface area contributed by atoms with Crippen molar-refractivity contribution in [3.8, 4) is 6.07 Å². The van der Waals surface area contributed by atoms with Crippen molar-refractivity contribution in [2.75, 3.05) is 18.0 Å². The van der Waals surface area contributed by atoms with Gasteiger partial charge in [-0.15, -0.1) is 0 Å². The summed E-state index contributed by atoms with van der Waals surface area (Å²) >= 11 is 0. The van der Waals surface area contributed by atoms with Crippen LogP contribution in [0.3, 0.4) is 0 Å². The van der Waals surface area contributed by atoms with Crippen molar-refractivity contribution in [1.29, 1.82) is 5.26 Å². The highest BCUT2D eigenvalue weighted by Gasteiger charge is 2.24. The van der Waals surface area contributed by atoms with Crippen LogP contribution < -0.4 is 10.6 Å². The van der Waals surface area contributed by atoms with E-state index < -0.39 is 0 Å². The number of benzene rings is 1. The zero-order chi connectivity index (χ0) is 17.3. The Morgan fingerprint density at radius 3 is 2.79 bits per heavy atom. The van der Waals surface area contributed by atoms with E-state index in [9.17, 15) is 14.4 Å². The first kappa shape index (κ1) is 16.2. The number of aryl methyl sites for hydroxylation is 1. The summed E-state index contributed by atoms with van der Waals surface area (Å²) in [5, 5.41) is 10.1. The molecule has 2 heterocycles. The molecule has 3 rings (SSSR count). The van der Waals surface area contributed by atoms with E-state index in [1.807, 2.05) is 6.92 Å². The number of anilines is 1. The number of primary amides is 1. The Hall–Kier alpha value is -2.68. The fourth-order valence-electron chi connectivity index (χ4n) is 3.49. The monoisotopic (exact) mass is 326 g/mol. The fraction of sp³-hybridized carbons (Fsp3) is 0.389. The highest BCUT2D eigenvalue weighted by Crippen LogP contribution is 2.34. The van der Waals surface area contributed by atoms with Gasteiger partial charge in [-0.05, 0) is 43.4 Å². The molecule has 0 spiro atoms. The first-order valence-electron chi connectivity index (χ1n) is 8.01. The molecule has 24 heavy (non-hydrogen) atoms. The first-order chi connectivity index (χ1) is 11.5. The van der Waals surface area contributed by atoms with Crippen molar-refractivity contribution in [1.82, 2.24) is 4.98 Å². The molecule has 1 fully saturated rings. The normalized spacial score (nSPS) is 15.5. The third-order valence-electron chi connectivity index (χ3n) is 4.64. The SMILES string of the molecule is Cc1cc(F)cc2c(N3CCC(CC(N)=O)CC3)c(C#N)cnc12. The summed E-state index contributed by atoms with van der Waals surface area (Å²) in [4.78, 5) is 17.5. The molecule has 0 atom stereocenters. The number of carbonyl (C=O) groups excluding carboxylic acids is 1. The van der Waals surface area contributed by atoms with Crippen molar-refractivity contribution in [3.63, 3.8) is 0 Å². The van der Waals surface area contributed by atoms with Crippen LogP contribution in [0.25, 0.3) is 10.9 Å². The molecule has 124 valence electrons. The number of piperidine rings is 1. The summed E-state index contributed by atoms with van der Waals surface area (Å²) in [7, 11) is 0. The van der Waals surface area contributed by atoms with Crippen LogP contribution in [-0.2, 0) is 4.79 Å². The first-order valence-corrected chi connectivity index (χ1v) is 8.01. The number of fused-ring (bicyclic) bond motifs is 1. The predicted octanol–water partition coefficient (Wildman–Crippen LogP) is 2.65. The lowest BCUT2D eigenvalue weighted by Crippen LogP contribution is -2.35. The van der Waals surface area contributed by atoms with Gasteiger partial charge in [-0.2, -0.15) is 5.26 Å². The van der Waals surface area contributed by atoms with Gasteiger partial charge in [0.2, 0.25) is 5.91 Å². The van der Waals surface area contributed by atoms with Crippen LogP contribution in [0, 0.1) is 30.0 Å². The van der Waals surface area contributed by atoms with Crippen LogP contribution in [0.5, 0.6) is 0 Å². The Bertz CT molecular complexity index is 835. The van der Waals surface area contributed by atoms with Gasteiger partial charge < -0.3 is 10.6 Å². The van der Waals surface area contributed by atoms with Crippen molar-refractivity contribution in [2.24, 2.45) is 11.7 Å². The zero-order valence-electron chi connectivity index (χ0n) is 13.6. The Balaban J connectivity index is 2.00. The highest BCUT2D eigenvalue weighted by atomic mass is 19.1. The molecule has 1 saturated heterocycles. The lowest BCUT2D eigenvalue weighted by Gasteiger charge is -2.34. The van der Waals surface area contributed by atoms with Crippen LogP contribution >= 0.6 is 0 Å². The van der Waals surface area contributed by atoms with Gasteiger partial charge >= 0.3 is 0 Å². The van der Waals surface area contributed by atoms with Crippen LogP contribution in [0.2, 0.25) is 0 Å². The van der Waals surface area contributed by atoms with Gasteiger partial charge in [-0.1, -0.05) is 0 Å². The highest BCUT2D eigenvalue weighted by molar-refractivity contribution is 5.96. The molecule has 5 nitrogen and oxygen atoms in total. The number of nitrogens with zero attached hydrogens (tertiary/aromatic N) is 3. The van der Waals surface area contributed by atoms with Crippen molar-refractivity contribution >= 4 is 22.5 Å². The van der Waals surface area contributed by atoms with Gasteiger partial charge in [-0.25, -0.2) is 4.39 Å². The minimum absolute atomic E-state index is 0.274. The summed E-state index contributed by atoms with van der Waals surface area (Å²) in [5.41, 5.74) is 7.92. The molecule has 0 saturated carbocycles. The predicted molar refractivity (Wildman–Crippen MR) is 89.9 cm³/mol. The standard InChI is InChI=1S/C18H19FN4O/c1-11-6-14(19)8-15-17(11)22-10-13(9-20)18(15)23-4-2-12(3-5-23)7-16(21)24/h6,8,10,12H,2-5,7H2,1H3,(H2,21,24). The Morgan fingerprint density at radius 1 is 1.46 bits per heavy atom. The van der Waals surface area contributed by atoms with Crippen LogP contribution in [0.15, 0.2) is 18.3 Å². The summed E-state index contributed by atoms with van der Waals surface area (Å²) in [6.45, 7) is 3.23. The molecule has 2 N–H and O–H groups in total. The number of hydrogen-bond donors (Lipinski definition) is 1. The van der Waals surface area contributed by atoms with E-state index in [2.05, 4.69) is 16.0 Å². The topological polar surface area (TPSA) is 83.0 Å². The molecule has 0 unspecified atom stereocenters. The second kappa shape index (κ2) is 6.44. The van der Waals surface area contributed by atoms with Gasteiger partial charge in [-0.3, -0.25) is 9.78 Å². The number of nitriles is 1. The second-order valence-corrected chi connectivity index (χ2v) is 6.35. The third-order valence-corrected chi connectivity index (χ3v) is 4.64. The van der Waals surface area contributed by atoms with Crippen LogP contribution in [-0.4, -0.2) is 24.0 Å². The smallest absolute Gasteiger partial charge is 0.217 e. The summed E-state index contributed by atoms with van der Waals surface area (Å²) < 4.78 is 13.9. The quantitative estimate of drug-likeness (QED) is 0.940. The fourth-order valence-corrected chi connectivity index (χ4v) is 3.49. The number of nitrogens with two attached hydrogens (primary N) is 1. The van der Waals surface area contributed by atoms with Crippen molar-refractivity contribution < 1.29 is 9.18 Å². The Morgan fingerprint density at radius 2 is 2.17 bits per heavy atom. The Kier molecular flexibility index (Phi) is 4.34. The van der Waals surface area contributed by atoms with E-state index in [1.54, 1.807) is 6.20 Å². The molecular formula is C18H19FN4O. The molecule has 1 aliphatic rings. The minimum atomic E-state index is -0.332. The number of pyridine rings is 1. The van der Waals surface area contributed by atoms with Crippen LogP contribution in [0.1, 0.15) is 30.4 Å². The Labute approximate surface area is 139 Å². The molecule has 0 bridgehead atoms. The number of halogens is 1. The number of carbonyl (C=O) groups is 1. The average molecular weight is 326 g/mol. The van der Waals surface area contributed by atoms with E-state index in [-0.39, 0.29) is 17.6 Å². The summed E-state index contributed by atoms with van der Waals surface area (Å²) in [6.07, 6.45) is 3.60. The number of amides is 1. The maximum Gasteiger partial charge on any atom is 0.217 e. The number of rotatable bonds is 3. The molecule has 1 aromatic carbocycles. The van der Waals surface area contributed by atoms with Crippen molar-refractivity contribution in [2.45, 2.75) is 26.2 Å². The van der Waals surface area contributed by atoms with Crippen LogP contribution in [0.4, 0.5) is 10.1 Å². The summed E-state index contributed by atoms with van der Waals surface area (Å²) in [6, 6.07) is 5.06. The molecule has 0 radical (unpaired) electrons. The maximum atomic E-state index is 13.9. The van der Waals surface area contributed by atoms with Gasteiger partial charge in [0.15, 0.2) is 0 Å². The third kappa shape index (κ3) is 3.02. The van der Waals surface area contributed by atoms with Gasteiger partial charge in [0.05, 0.1) is 16.8 Å². The maximum absolute atomic E-state index is 13.9. The van der Waals surface area contributed by atoms with Gasteiger partial charge in [0.1, 0.15) is 11.9 Å². The van der Waals surface area contributed by atoms with Gasteiger partial charge in [0.25, 0.3) is 0 Å². The number of hydrogen-bond acceptors (Lipinski definition) is 4. The van der Waals surface area contributed by atoms with E-state index in [1.165, 1.54) is 12.1 Å². The number of aromatic nitrogens is 1.